The van der Waals surface area contributed by atoms with Gasteiger partial charge in [-0.15, -0.1) is 0 Å². The highest BCUT2D eigenvalue weighted by atomic mass is 32.2. The summed E-state index contributed by atoms with van der Waals surface area (Å²) in [5.41, 5.74) is 6.46. The van der Waals surface area contributed by atoms with Crippen molar-refractivity contribution in [2.24, 2.45) is 11.7 Å². The van der Waals surface area contributed by atoms with Crippen LogP contribution in [-0.4, -0.2) is 34.4 Å². The molecule has 5 heteroatoms. The molecule has 0 aromatic heterocycles. The van der Waals surface area contributed by atoms with Crippen LogP contribution >= 0.6 is 11.8 Å². The predicted molar refractivity (Wildman–Crippen MR) is 73.5 cm³/mol. The third-order valence-electron chi connectivity index (χ3n) is 2.72. The van der Waals surface area contributed by atoms with Crippen LogP contribution in [-0.2, 0) is 9.59 Å². The van der Waals surface area contributed by atoms with Crippen molar-refractivity contribution < 1.29 is 14.7 Å². The monoisotopic (exact) mass is 269 g/mol. The summed E-state index contributed by atoms with van der Waals surface area (Å²) in [6.45, 7) is 1.90. The fourth-order valence-corrected chi connectivity index (χ4v) is 2.63. The normalized spacial score (nSPS) is 22.1. The third-order valence-corrected chi connectivity index (χ3v) is 4.21. The quantitative estimate of drug-likeness (QED) is 0.686. The summed E-state index contributed by atoms with van der Waals surface area (Å²) in [7, 11) is 0. The lowest BCUT2D eigenvalue weighted by Gasteiger charge is -2.17. The van der Waals surface area contributed by atoms with Crippen molar-refractivity contribution in [2.75, 3.05) is 5.75 Å². The molecule has 0 radical (unpaired) electrons. The smallest absolute Gasteiger partial charge is 0.320 e. The number of hydrogen-bond donors (Lipinski definition) is 2. The molecule has 1 aliphatic rings. The lowest BCUT2D eigenvalue weighted by molar-refractivity contribution is -0.138. The van der Waals surface area contributed by atoms with Crippen molar-refractivity contribution in [2.45, 2.75) is 31.1 Å². The third kappa shape index (κ3) is 5.06. The van der Waals surface area contributed by atoms with E-state index < -0.39 is 12.0 Å². The first-order valence-electron chi connectivity index (χ1n) is 5.95. The van der Waals surface area contributed by atoms with Gasteiger partial charge >= 0.3 is 5.97 Å². The Morgan fingerprint density at radius 1 is 1.72 bits per heavy atom. The maximum absolute atomic E-state index is 10.6. The van der Waals surface area contributed by atoms with Crippen LogP contribution in [0, 0.1) is 5.92 Å². The molecular weight excluding hydrogens is 250 g/mol. The van der Waals surface area contributed by atoms with Gasteiger partial charge in [0.1, 0.15) is 12.3 Å². The highest BCUT2D eigenvalue weighted by Crippen LogP contribution is 2.25. The Kier molecular flexibility index (Phi) is 6.15. The van der Waals surface area contributed by atoms with Gasteiger partial charge in [0.05, 0.1) is 0 Å². The Morgan fingerprint density at radius 2 is 2.44 bits per heavy atom. The second-order valence-electron chi connectivity index (χ2n) is 4.51. The minimum absolute atomic E-state index is 0.0780. The first-order valence-corrected chi connectivity index (χ1v) is 7.00. The average Bonchev–Trinajstić information content (AvgIpc) is 2.37. The molecule has 0 bridgehead atoms. The van der Waals surface area contributed by atoms with Crippen molar-refractivity contribution in [3.63, 3.8) is 0 Å². The molecule has 0 saturated heterocycles. The number of aliphatic carboxylic acids is 1. The Balaban J connectivity index is 2.35. The number of allylic oxidation sites excluding steroid dienone is 2. The highest BCUT2D eigenvalue weighted by molar-refractivity contribution is 8.00. The van der Waals surface area contributed by atoms with E-state index in [4.69, 9.17) is 10.8 Å². The lowest BCUT2D eigenvalue weighted by atomic mass is 10.0. The van der Waals surface area contributed by atoms with Gasteiger partial charge in [-0.3, -0.25) is 4.79 Å². The fourth-order valence-electron chi connectivity index (χ4n) is 1.58. The summed E-state index contributed by atoms with van der Waals surface area (Å²) in [5, 5.41) is 9.10. The van der Waals surface area contributed by atoms with Crippen LogP contribution in [0.4, 0.5) is 0 Å². The molecule has 0 amide bonds. The Hall–Kier alpha value is -1.07. The number of thioether (sulfide) groups is 1. The minimum Gasteiger partial charge on any atom is -0.480 e. The molecule has 1 aliphatic carbocycles. The van der Waals surface area contributed by atoms with E-state index in [1.54, 1.807) is 11.8 Å². The predicted octanol–water partition coefficient (Wildman–Crippen LogP) is 1.61. The van der Waals surface area contributed by atoms with Gasteiger partial charge in [-0.25, -0.2) is 0 Å². The number of nitrogens with two attached hydrogens (primary N) is 1. The summed E-state index contributed by atoms with van der Waals surface area (Å²) in [4.78, 5) is 21.1. The van der Waals surface area contributed by atoms with Crippen LogP contribution in [0.1, 0.15) is 19.8 Å². The topological polar surface area (TPSA) is 80.4 Å². The Bertz CT molecular complexity index is 365. The van der Waals surface area contributed by atoms with E-state index >= 15 is 0 Å². The van der Waals surface area contributed by atoms with Gasteiger partial charge in [0.2, 0.25) is 0 Å². The molecule has 0 spiro atoms. The molecule has 0 aromatic carbocycles. The average molecular weight is 269 g/mol. The molecule has 4 nitrogen and oxygen atoms in total. The highest BCUT2D eigenvalue weighted by Gasteiger charge is 2.16. The summed E-state index contributed by atoms with van der Waals surface area (Å²) >= 11 is 1.75. The maximum Gasteiger partial charge on any atom is 0.320 e. The lowest BCUT2D eigenvalue weighted by Crippen LogP contribution is -2.30. The van der Waals surface area contributed by atoms with Gasteiger partial charge in [-0.05, 0) is 12.8 Å². The van der Waals surface area contributed by atoms with Crippen molar-refractivity contribution in [3.8, 4) is 0 Å². The summed E-state index contributed by atoms with van der Waals surface area (Å²) < 4.78 is 0. The van der Waals surface area contributed by atoms with Gasteiger partial charge in [0, 0.05) is 16.9 Å². The molecule has 3 atom stereocenters. The Labute approximate surface area is 111 Å². The van der Waals surface area contributed by atoms with E-state index in [0.717, 1.165) is 24.0 Å². The van der Waals surface area contributed by atoms with Crippen LogP contribution in [0.2, 0.25) is 0 Å². The van der Waals surface area contributed by atoms with Crippen LogP contribution in [0.25, 0.3) is 0 Å². The van der Waals surface area contributed by atoms with E-state index in [2.05, 4.69) is 6.08 Å². The van der Waals surface area contributed by atoms with Gasteiger partial charge in [0.15, 0.2) is 0 Å². The number of carboxylic acids is 1. The van der Waals surface area contributed by atoms with Crippen LogP contribution in [0.5, 0.6) is 0 Å². The van der Waals surface area contributed by atoms with Gasteiger partial charge in [-0.2, -0.15) is 11.8 Å². The molecule has 3 unspecified atom stereocenters. The minimum atomic E-state index is -0.972. The summed E-state index contributed by atoms with van der Waals surface area (Å²) in [5.74, 6) is -0.0779. The van der Waals surface area contributed by atoms with Crippen molar-refractivity contribution in [1.82, 2.24) is 0 Å². The first kappa shape index (κ1) is 15.0. The summed E-state index contributed by atoms with van der Waals surface area (Å²) in [6, 6.07) is -0.833. The molecule has 100 valence electrons. The number of rotatable bonds is 7. The second kappa shape index (κ2) is 7.38. The molecule has 0 aromatic rings. The van der Waals surface area contributed by atoms with E-state index in [0.29, 0.717) is 11.7 Å². The fraction of sp³-hybridized carbons (Fsp3) is 0.538. The zero-order chi connectivity index (χ0) is 13.5. The number of carbonyl (C=O) groups excluding carboxylic acids is 1. The number of aldehydes is 1. The molecule has 0 fully saturated rings. The van der Waals surface area contributed by atoms with Gasteiger partial charge in [0.25, 0.3) is 0 Å². The second-order valence-corrected chi connectivity index (χ2v) is 5.78. The van der Waals surface area contributed by atoms with Gasteiger partial charge < -0.3 is 15.6 Å². The SMILES string of the molecule is CC(C=O)CSC1C=CC(CC(N)C(=O)O)=CC1. The van der Waals surface area contributed by atoms with Crippen molar-refractivity contribution >= 4 is 24.0 Å². The maximum atomic E-state index is 10.6. The Morgan fingerprint density at radius 3 is 2.94 bits per heavy atom. The first-order chi connectivity index (χ1) is 8.52. The molecule has 18 heavy (non-hydrogen) atoms. The zero-order valence-electron chi connectivity index (χ0n) is 10.4. The van der Waals surface area contributed by atoms with E-state index in [1.807, 2.05) is 19.1 Å². The molecule has 1 rings (SSSR count). The van der Waals surface area contributed by atoms with E-state index in [-0.39, 0.29) is 5.92 Å². The number of carbonyl (C=O) groups is 2. The standard InChI is InChI=1S/C13H19NO3S/c1-9(7-15)8-18-11-4-2-10(3-5-11)6-12(14)13(16)17/h2-4,7,9,11-12H,5-6,8,14H2,1H3,(H,16,17). The number of carboxylic acid groups (broad SMARTS) is 1. The van der Waals surface area contributed by atoms with Crippen LogP contribution < -0.4 is 5.73 Å². The number of hydrogen-bond acceptors (Lipinski definition) is 4. The largest absolute Gasteiger partial charge is 0.480 e. The van der Waals surface area contributed by atoms with E-state index in [9.17, 15) is 9.59 Å². The molecule has 3 N–H and O–H groups in total. The molecule has 0 saturated carbocycles. The molecule has 0 heterocycles. The van der Waals surface area contributed by atoms with E-state index in [1.165, 1.54) is 0 Å². The summed E-state index contributed by atoms with van der Waals surface area (Å²) in [6.07, 6.45) is 8.24. The van der Waals surface area contributed by atoms with Crippen molar-refractivity contribution in [1.29, 1.82) is 0 Å². The zero-order valence-corrected chi connectivity index (χ0v) is 11.2. The molecule has 0 aliphatic heterocycles. The van der Waals surface area contributed by atoms with Gasteiger partial charge in [-0.1, -0.05) is 30.7 Å². The van der Waals surface area contributed by atoms with Crippen LogP contribution in [0.15, 0.2) is 23.8 Å². The molecular formula is C13H19NO3S. The van der Waals surface area contributed by atoms with Crippen molar-refractivity contribution in [3.05, 3.63) is 23.8 Å². The van der Waals surface area contributed by atoms with Crippen LogP contribution in [0.3, 0.4) is 0 Å².